The van der Waals surface area contributed by atoms with Gasteiger partial charge in [0.25, 0.3) is 0 Å². The lowest BCUT2D eigenvalue weighted by Crippen LogP contribution is -2.14. The molecule has 0 saturated heterocycles. The molecule has 1 heterocycles. The predicted octanol–water partition coefficient (Wildman–Crippen LogP) is 3.51. The van der Waals surface area contributed by atoms with Crippen molar-refractivity contribution in [3.63, 3.8) is 0 Å². The van der Waals surface area contributed by atoms with Crippen molar-refractivity contribution >= 4 is 22.6 Å². The fraction of sp³-hybridized carbons (Fsp3) is 0.214. The normalized spacial score (nSPS) is 10.2. The largest absolute Gasteiger partial charge is 0.362 e. The Morgan fingerprint density at radius 1 is 1.29 bits per heavy atom. The van der Waals surface area contributed by atoms with Crippen LogP contribution in [0, 0.1) is 6.92 Å². The van der Waals surface area contributed by atoms with Crippen molar-refractivity contribution in [3.05, 3.63) is 52.4 Å². The second-order valence-electron chi connectivity index (χ2n) is 4.14. The van der Waals surface area contributed by atoms with Crippen molar-refractivity contribution in [2.24, 2.45) is 0 Å². The van der Waals surface area contributed by atoms with Crippen LogP contribution in [0.4, 0.5) is 5.00 Å². The summed E-state index contributed by atoms with van der Waals surface area (Å²) in [6.07, 6.45) is 0.897. The van der Waals surface area contributed by atoms with Crippen LogP contribution in [-0.2, 0) is 6.54 Å². The van der Waals surface area contributed by atoms with E-state index in [4.69, 9.17) is 0 Å². The van der Waals surface area contributed by atoms with Crippen LogP contribution in [0.15, 0.2) is 36.4 Å². The zero-order valence-corrected chi connectivity index (χ0v) is 10.8. The molecule has 0 spiro atoms. The highest BCUT2D eigenvalue weighted by atomic mass is 32.1. The van der Waals surface area contributed by atoms with Gasteiger partial charge in [-0.3, -0.25) is 4.79 Å². The predicted molar refractivity (Wildman–Crippen MR) is 73.0 cm³/mol. The van der Waals surface area contributed by atoms with Gasteiger partial charge in [0.1, 0.15) is 0 Å². The molecule has 88 valence electrons. The molecule has 3 heteroatoms. The summed E-state index contributed by atoms with van der Waals surface area (Å²) in [5, 5.41) is 1.12. The number of carbonyl (C=O) groups excluding carboxylic acids is 1. The number of aldehydes is 1. The van der Waals surface area contributed by atoms with Gasteiger partial charge in [-0.15, -0.1) is 11.3 Å². The number of thiophene rings is 1. The van der Waals surface area contributed by atoms with Gasteiger partial charge in [-0.25, -0.2) is 0 Å². The quantitative estimate of drug-likeness (QED) is 0.768. The molecule has 0 aliphatic heterocycles. The van der Waals surface area contributed by atoms with Gasteiger partial charge >= 0.3 is 0 Å². The number of hydrogen-bond donors (Lipinski definition) is 0. The number of rotatable bonds is 4. The van der Waals surface area contributed by atoms with Crippen LogP contribution in [0.5, 0.6) is 0 Å². The van der Waals surface area contributed by atoms with Crippen molar-refractivity contribution < 1.29 is 4.79 Å². The molecular formula is C14H15NOS. The summed E-state index contributed by atoms with van der Waals surface area (Å²) >= 11 is 1.52. The first-order valence-electron chi connectivity index (χ1n) is 5.51. The maximum Gasteiger partial charge on any atom is 0.160 e. The van der Waals surface area contributed by atoms with Crippen molar-refractivity contribution in [1.29, 1.82) is 0 Å². The van der Waals surface area contributed by atoms with Crippen molar-refractivity contribution in [3.8, 4) is 0 Å². The molecule has 0 amide bonds. The molecule has 0 unspecified atom stereocenters. The highest BCUT2D eigenvalue weighted by Crippen LogP contribution is 2.25. The highest BCUT2D eigenvalue weighted by Gasteiger charge is 2.05. The average molecular weight is 245 g/mol. The van der Waals surface area contributed by atoms with E-state index in [9.17, 15) is 4.79 Å². The first-order chi connectivity index (χ1) is 8.19. The zero-order valence-electron chi connectivity index (χ0n) is 10.0. The van der Waals surface area contributed by atoms with Gasteiger partial charge in [0.2, 0.25) is 0 Å². The fourth-order valence-electron chi connectivity index (χ4n) is 1.77. The fourth-order valence-corrected chi connectivity index (χ4v) is 2.56. The minimum Gasteiger partial charge on any atom is -0.362 e. The maximum absolute atomic E-state index is 10.6. The van der Waals surface area contributed by atoms with E-state index in [-0.39, 0.29) is 0 Å². The monoisotopic (exact) mass is 245 g/mol. The summed E-state index contributed by atoms with van der Waals surface area (Å²) in [7, 11) is 2.04. The molecular weight excluding hydrogens is 230 g/mol. The van der Waals surface area contributed by atoms with Crippen LogP contribution < -0.4 is 4.90 Å². The standard InChI is InChI=1S/C14H15NOS/c1-11-4-3-5-12(8-11)9-15(2)14-7-6-13(10-16)17-14/h3-8,10H,9H2,1-2H3. The summed E-state index contributed by atoms with van der Waals surface area (Å²) < 4.78 is 0. The average Bonchev–Trinajstić information content (AvgIpc) is 2.77. The van der Waals surface area contributed by atoms with Gasteiger partial charge in [-0.05, 0) is 24.6 Å². The Morgan fingerprint density at radius 3 is 2.76 bits per heavy atom. The number of benzene rings is 1. The summed E-state index contributed by atoms with van der Waals surface area (Å²) in [5.41, 5.74) is 2.56. The van der Waals surface area contributed by atoms with Gasteiger partial charge in [-0.2, -0.15) is 0 Å². The van der Waals surface area contributed by atoms with Crippen molar-refractivity contribution in [2.45, 2.75) is 13.5 Å². The first-order valence-corrected chi connectivity index (χ1v) is 6.32. The number of aryl methyl sites for hydroxylation is 1. The van der Waals surface area contributed by atoms with Crippen LogP contribution in [-0.4, -0.2) is 13.3 Å². The van der Waals surface area contributed by atoms with Crippen LogP contribution >= 0.6 is 11.3 Å². The number of carbonyl (C=O) groups is 1. The van der Waals surface area contributed by atoms with Gasteiger partial charge in [-0.1, -0.05) is 29.8 Å². The van der Waals surface area contributed by atoms with E-state index in [0.717, 1.165) is 22.7 Å². The Morgan fingerprint density at radius 2 is 2.12 bits per heavy atom. The molecule has 0 atom stereocenters. The van der Waals surface area contributed by atoms with Gasteiger partial charge in [0.05, 0.1) is 9.88 Å². The molecule has 2 rings (SSSR count). The Bertz CT molecular complexity index is 518. The van der Waals surface area contributed by atoms with E-state index in [1.165, 1.54) is 22.5 Å². The Kier molecular flexibility index (Phi) is 3.59. The molecule has 0 bridgehead atoms. The third-order valence-electron chi connectivity index (χ3n) is 2.61. The Balaban J connectivity index is 2.10. The maximum atomic E-state index is 10.6. The topological polar surface area (TPSA) is 20.3 Å². The van der Waals surface area contributed by atoms with E-state index < -0.39 is 0 Å². The summed E-state index contributed by atoms with van der Waals surface area (Å²) in [5.74, 6) is 0. The third-order valence-corrected chi connectivity index (χ3v) is 3.73. The SMILES string of the molecule is Cc1cccc(CN(C)c2ccc(C=O)s2)c1. The van der Waals surface area contributed by atoms with Crippen molar-refractivity contribution in [1.82, 2.24) is 0 Å². The summed E-state index contributed by atoms with van der Waals surface area (Å²) in [6.45, 7) is 2.96. The molecule has 0 saturated carbocycles. The molecule has 1 aromatic heterocycles. The van der Waals surface area contributed by atoms with Gasteiger partial charge in [0, 0.05) is 13.6 Å². The molecule has 0 N–H and O–H groups in total. The number of anilines is 1. The van der Waals surface area contributed by atoms with Crippen LogP contribution in [0.3, 0.4) is 0 Å². The molecule has 0 aliphatic rings. The van der Waals surface area contributed by atoms with E-state index >= 15 is 0 Å². The second kappa shape index (κ2) is 5.15. The van der Waals surface area contributed by atoms with Gasteiger partial charge < -0.3 is 4.90 Å². The zero-order chi connectivity index (χ0) is 12.3. The van der Waals surface area contributed by atoms with Gasteiger partial charge in [0.15, 0.2) is 6.29 Å². The summed E-state index contributed by atoms with van der Waals surface area (Å²) in [4.78, 5) is 13.6. The molecule has 2 nitrogen and oxygen atoms in total. The van der Waals surface area contributed by atoms with E-state index in [2.05, 4.69) is 36.1 Å². The van der Waals surface area contributed by atoms with E-state index in [0.29, 0.717) is 0 Å². The molecule has 0 aliphatic carbocycles. The molecule has 2 aromatic rings. The molecule has 1 aromatic carbocycles. The van der Waals surface area contributed by atoms with Crippen LogP contribution in [0.1, 0.15) is 20.8 Å². The lowest BCUT2D eigenvalue weighted by molar-refractivity contribution is 0.112. The number of nitrogens with zero attached hydrogens (tertiary/aromatic N) is 1. The second-order valence-corrected chi connectivity index (χ2v) is 5.23. The van der Waals surface area contributed by atoms with Crippen molar-refractivity contribution in [2.75, 3.05) is 11.9 Å². The lowest BCUT2D eigenvalue weighted by Gasteiger charge is -2.17. The highest BCUT2D eigenvalue weighted by molar-refractivity contribution is 7.17. The minimum absolute atomic E-state index is 0.774. The van der Waals surface area contributed by atoms with Crippen LogP contribution in [0.25, 0.3) is 0 Å². The molecule has 17 heavy (non-hydrogen) atoms. The Hall–Kier alpha value is -1.61. The first kappa shape index (κ1) is 11.9. The number of hydrogen-bond acceptors (Lipinski definition) is 3. The minimum atomic E-state index is 0.774. The van der Waals surface area contributed by atoms with Crippen LogP contribution in [0.2, 0.25) is 0 Å². The van der Waals surface area contributed by atoms with E-state index in [1.807, 2.05) is 19.2 Å². The van der Waals surface area contributed by atoms with E-state index in [1.54, 1.807) is 0 Å². The smallest absolute Gasteiger partial charge is 0.160 e. The third kappa shape index (κ3) is 2.94. The summed E-state index contributed by atoms with van der Waals surface area (Å²) in [6, 6.07) is 12.3. The Labute approximate surface area is 106 Å². The lowest BCUT2D eigenvalue weighted by atomic mass is 10.1. The molecule has 0 radical (unpaired) electrons. The molecule has 0 fully saturated rings.